The van der Waals surface area contributed by atoms with Gasteiger partial charge in [0.1, 0.15) is 0 Å². The number of ether oxygens (including phenoxy) is 1. The van der Waals surface area contributed by atoms with Gasteiger partial charge in [0.25, 0.3) is 0 Å². The third-order valence-electron chi connectivity index (χ3n) is 2.33. The molecule has 100 valence electrons. The van der Waals surface area contributed by atoms with Crippen molar-refractivity contribution in [3.63, 3.8) is 0 Å². The van der Waals surface area contributed by atoms with Gasteiger partial charge in [-0.3, -0.25) is 4.79 Å². The molecule has 19 heavy (non-hydrogen) atoms. The van der Waals surface area contributed by atoms with Gasteiger partial charge < -0.3 is 10.5 Å². The summed E-state index contributed by atoms with van der Waals surface area (Å²) in [6.07, 6.45) is 1.43. The Morgan fingerprint density at radius 2 is 1.95 bits per heavy atom. The maximum Gasteiger partial charge on any atom is 0.345 e. The predicted octanol–water partition coefficient (Wildman–Crippen LogP) is 1.55. The molecule has 0 fully saturated rings. The lowest BCUT2D eigenvalue weighted by Crippen LogP contribution is -2.22. The fraction of sp³-hybridized carbons (Fsp3) is 0.231. The van der Waals surface area contributed by atoms with E-state index in [4.69, 9.17) is 10.5 Å². The van der Waals surface area contributed by atoms with Gasteiger partial charge >= 0.3 is 18.0 Å². The number of aliphatic imine (C=N–C) groups is 1. The highest BCUT2D eigenvalue weighted by Gasteiger charge is 2.20. The van der Waals surface area contributed by atoms with Gasteiger partial charge in [-0.1, -0.05) is 25.1 Å². The van der Waals surface area contributed by atoms with E-state index < -0.39 is 23.9 Å². The normalized spacial score (nSPS) is 12.1. The number of hydrogen-bond acceptors (Lipinski definition) is 4. The molecule has 0 saturated carbocycles. The topological polar surface area (TPSA) is 98.8 Å². The van der Waals surface area contributed by atoms with Crippen molar-refractivity contribution in [2.24, 2.45) is 16.6 Å². The zero-order chi connectivity index (χ0) is 14.3. The third kappa shape index (κ3) is 4.71. The molecule has 0 saturated heterocycles. The number of amides is 2. The Hall–Kier alpha value is -2.50. The van der Waals surface area contributed by atoms with Gasteiger partial charge in [0.05, 0.1) is 11.5 Å². The van der Waals surface area contributed by atoms with Crippen LogP contribution < -0.4 is 5.73 Å². The van der Waals surface area contributed by atoms with Crippen LogP contribution in [0.4, 0.5) is 4.79 Å². The first-order chi connectivity index (χ1) is 9.04. The van der Waals surface area contributed by atoms with Gasteiger partial charge in [-0.15, -0.1) is 0 Å². The summed E-state index contributed by atoms with van der Waals surface area (Å²) >= 11 is 0. The zero-order valence-electron chi connectivity index (χ0n) is 10.4. The number of hydrogen-bond donors (Lipinski definition) is 1. The van der Waals surface area contributed by atoms with Crippen molar-refractivity contribution in [3.8, 4) is 0 Å². The van der Waals surface area contributed by atoms with Crippen LogP contribution in [0.3, 0.4) is 0 Å². The van der Waals surface area contributed by atoms with E-state index in [-0.39, 0.29) is 5.56 Å². The van der Waals surface area contributed by atoms with Crippen molar-refractivity contribution in [3.05, 3.63) is 35.9 Å². The smallest absolute Gasteiger partial charge is 0.345 e. The standard InChI is InChI=1S/C13H14N2O4/c1-2-9(8-15-13(14)18)11(16)19-12(17)10-6-4-3-5-7-10/h3-9H,2H2,1H3,(H2,14,18). The van der Waals surface area contributed by atoms with E-state index in [1.165, 1.54) is 12.1 Å². The van der Waals surface area contributed by atoms with Gasteiger partial charge in [0, 0.05) is 6.21 Å². The molecule has 0 aliphatic rings. The monoisotopic (exact) mass is 262 g/mol. The van der Waals surface area contributed by atoms with Gasteiger partial charge in [0.2, 0.25) is 0 Å². The maximum absolute atomic E-state index is 11.7. The second-order valence-electron chi connectivity index (χ2n) is 3.71. The van der Waals surface area contributed by atoms with Gasteiger partial charge in [-0.05, 0) is 18.6 Å². The van der Waals surface area contributed by atoms with Crippen LogP contribution in [-0.4, -0.2) is 24.2 Å². The van der Waals surface area contributed by atoms with Crippen LogP contribution in [0, 0.1) is 5.92 Å². The Balaban J connectivity index is 2.68. The molecular formula is C13H14N2O4. The number of carbonyl (C=O) groups is 3. The maximum atomic E-state index is 11.7. The van der Waals surface area contributed by atoms with E-state index in [1.807, 2.05) is 0 Å². The average Bonchev–Trinajstić information content (AvgIpc) is 2.40. The second-order valence-corrected chi connectivity index (χ2v) is 3.71. The number of esters is 2. The number of nitrogens with zero attached hydrogens (tertiary/aromatic N) is 1. The summed E-state index contributed by atoms with van der Waals surface area (Å²) in [5.41, 5.74) is 5.11. The Morgan fingerprint density at radius 3 is 2.47 bits per heavy atom. The molecule has 1 atom stereocenters. The molecule has 0 bridgehead atoms. The lowest BCUT2D eigenvalue weighted by atomic mass is 10.1. The van der Waals surface area contributed by atoms with Crippen LogP contribution >= 0.6 is 0 Å². The first-order valence-electron chi connectivity index (χ1n) is 5.69. The number of nitrogens with two attached hydrogens (primary N) is 1. The Morgan fingerprint density at radius 1 is 1.32 bits per heavy atom. The number of urea groups is 1. The van der Waals surface area contributed by atoms with Crippen molar-refractivity contribution in [1.29, 1.82) is 0 Å². The minimum absolute atomic E-state index is 0.276. The highest BCUT2D eigenvalue weighted by molar-refractivity contribution is 6.02. The first kappa shape index (κ1) is 14.6. The van der Waals surface area contributed by atoms with Crippen LogP contribution in [0.2, 0.25) is 0 Å². The summed E-state index contributed by atoms with van der Waals surface area (Å²) in [4.78, 5) is 37.1. The van der Waals surface area contributed by atoms with Gasteiger partial charge in [-0.2, -0.15) is 0 Å². The van der Waals surface area contributed by atoms with E-state index in [2.05, 4.69) is 4.99 Å². The lowest BCUT2D eigenvalue weighted by Gasteiger charge is -2.08. The molecule has 0 aliphatic carbocycles. The number of carbonyl (C=O) groups excluding carboxylic acids is 3. The minimum atomic E-state index is -0.902. The van der Waals surface area contributed by atoms with Gasteiger partial charge in [0.15, 0.2) is 0 Å². The fourth-order valence-corrected chi connectivity index (χ4v) is 1.30. The van der Waals surface area contributed by atoms with Crippen LogP contribution in [0.5, 0.6) is 0 Å². The van der Waals surface area contributed by atoms with Crippen LogP contribution in [-0.2, 0) is 9.53 Å². The Labute approximate surface area is 110 Å². The summed E-state index contributed by atoms with van der Waals surface area (Å²) in [6.45, 7) is 1.70. The zero-order valence-corrected chi connectivity index (χ0v) is 10.4. The van der Waals surface area contributed by atoms with Crippen LogP contribution in [0.25, 0.3) is 0 Å². The molecule has 1 rings (SSSR count). The van der Waals surface area contributed by atoms with Crippen molar-refractivity contribution in [1.82, 2.24) is 0 Å². The molecule has 1 aromatic carbocycles. The molecule has 1 unspecified atom stereocenters. The Bertz CT molecular complexity index is 497. The molecule has 6 nitrogen and oxygen atoms in total. The van der Waals surface area contributed by atoms with Gasteiger partial charge in [-0.25, -0.2) is 14.6 Å². The summed E-state index contributed by atoms with van der Waals surface area (Å²) in [6, 6.07) is 7.23. The number of primary amides is 1. The molecule has 0 aliphatic heterocycles. The van der Waals surface area contributed by atoms with Crippen molar-refractivity contribution in [2.45, 2.75) is 13.3 Å². The molecular weight excluding hydrogens is 248 g/mol. The van der Waals surface area contributed by atoms with Crippen LogP contribution in [0.1, 0.15) is 23.7 Å². The second kappa shape index (κ2) is 7.05. The quantitative estimate of drug-likeness (QED) is 0.505. The highest BCUT2D eigenvalue weighted by Crippen LogP contribution is 2.07. The van der Waals surface area contributed by atoms with Crippen molar-refractivity contribution in [2.75, 3.05) is 0 Å². The van der Waals surface area contributed by atoms with Crippen molar-refractivity contribution >= 4 is 24.2 Å². The SMILES string of the molecule is CCC(C=NC(N)=O)C(=O)OC(=O)c1ccccc1. The molecule has 6 heteroatoms. The van der Waals surface area contributed by atoms with Crippen molar-refractivity contribution < 1.29 is 19.1 Å². The largest absolute Gasteiger partial charge is 0.389 e. The summed E-state index contributed by atoms with van der Waals surface area (Å²) in [5.74, 6) is -2.28. The molecule has 0 radical (unpaired) electrons. The summed E-state index contributed by atoms with van der Waals surface area (Å²) in [5, 5.41) is 0. The van der Waals surface area contributed by atoms with E-state index in [9.17, 15) is 14.4 Å². The summed E-state index contributed by atoms with van der Waals surface area (Å²) < 4.78 is 4.70. The van der Waals surface area contributed by atoms with E-state index in [1.54, 1.807) is 25.1 Å². The third-order valence-corrected chi connectivity index (χ3v) is 2.33. The number of benzene rings is 1. The van der Waals surface area contributed by atoms with E-state index >= 15 is 0 Å². The van der Waals surface area contributed by atoms with E-state index in [0.717, 1.165) is 6.21 Å². The molecule has 1 aromatic rings. The average molecular weight is 262 g/mol. The molecule has 0 spiro atoms. The Kier molecular flexibility index (Phi) is 5.40. The first-order valence-corrected chi connectivity index (χ1v) is 5.69. The van der Waals surface area contributed by atoms with Crippen LogP contribution in [0.15, 0.2) is 35.3 Å². The summed E-state index contributed by atoms with van der Waals surface area (Å²) in [7, 11) is 0. The minimum Gasteiger partial charge on any atom is -0.389 e. The molecule has 2 N–H and O–H groups in total. The van der Waals surface area contributed by atoms with E-state index in [0.29, 0.717) is 6.42 Å². The predicted molar refractivity (Wildman–Crippen MR) is 68.7 cm³/mol. The highest BCUT2D eigenvalue weighted by atomic mass is 16.6. The molecule has 0 aromatic heterocycles. The molecule has 0 heterocycles. The fourth-order valence-electron chi connectivity index (χ4n) is 1.30. The lowest BCUT2D eigenvalue weighted by molar-refractivity contribution is -0.140. The number of rotatable bonds is 4. The molecule has 2 amide bonds.